The minimum Gasteiger partial charge on any atom is -0.381 e. The van der Waals surface area contributed by atoms with Crippen LogP contribution in [0.3, 0.4) is 0 Å². The lowest BCUT2D eigenvalue weighted by Gasteiger charge is -2.46. The molecule has 1 saturated carbocycles. The summed E-state index contributed by atoms with van der Waals surface area (Å²) in [5, 5.41) is 2.65. The number of piperidine rings is 1. The molecule has 2 saturated heterocycles. The Labute approximate surface area is 207 Å². The minimum absolute atomic E-state index is 0.0995. The second-order valence-electron chi connectivity index (χ2n) is 10.8. The van der Waals surface area contributed by atoms with E-state index in [0.717, 1.165) is 45.4 Å². The molecule has 4 rings (SSSR count). The van der Waals surface area contributed by atoms with E-state index in [1.165, 1.54) is 0 Å². The molecule has 0 aromatic heterocycles. The number of alkyl halides is 6. The number of carbonyl (C=O) groups excluding carboxylic acids is 1. The fourth-order valence-corrected chi connectivity index (χ4v) is 6.45. The summed E-state index contributed by atoms with van der Waals surface area (Å²) in [7, 11) is 0. The van der Waals surface area contributed by atoms with Crippen molar-refractivity contribution in [3.8, 4) is 0 Å². The molecule has 4 nitrogen and oxygen atoms in total. The lowest BCUT2D eigenvalue weighted by atomic mass is 9.84. The largest absolute Gasteiger partial charge is 0.416 e. The molecule has 3 unspecified atom stereocenters. The molecule has 1 amide bonds. The zero-order valence-corrected chi connectivity index (χ0v) is 20.6. The average Bonchev–Trinajstić information content (AvgIpc) is 3.27. The number of nitrogens with zero attached hydrogens (tertiary/aromatic N) is 1. The van der Waals surface area contributed by atoms with Gasteiger partial charge >= 0.3 is 12.4 Å². The van der Waals surface area contributed by atoms with Crippen molar-refractivity contribution >= 4 is 5.91 Å². The van der Waals surface area contributed by atoms with Gasteiger partial charge in [0.05, 0.1) is 17.7 Å². The van der Waals surface area contributed by atoms with Gasteiger partial charge in [-0.15, -0.1) is 0 Å². The van der Waals surface area contributed by atoms with E-state index in [1.54, 1.807) is 0 Å². The van der Waals surface area contributed by atoms with Crippen LogP contribution in [0.2, 0.25) is 0 Å². The van der Waals surface area contributed by atoms with E-state index in [4.69, 9.17) is 4.74 Å². The summed E-state index contributed by atoms with van der Waals surface area (Å²) in [6.07, 6.45) is -5.13. The Morgan fingerprint density at radius 3 is 2.33 bits per heavy atom. The van der Waals surface area contributed by atoms with E-state index >= 15 is 0 Å². The highest BCUT2D eigenvalue weighted by molar-refractivity contribution is 5.79. The second kappa shape index (κ2) is 10.5. The first-order chi connectivity index (χ1) is 16.8. The highest BCUT2D eigenvalue weighted by Gasteiger charge is 2.46. The number of amides is 1. The predicted molar refractivity (Wildman–Crippen MR) is 122 cm³/mol. The van der Waals surface area contributed by atoms with Gasteiger partial charge in [-0.05, 0) is 80.2 Å². The third-order valence-electron chi connectivity index (χ3n) is 8.21. The predicted octanol–water partition coefficient (Wildman–Crippen LogP) is 5.89. The fraction of sp³-hybridized carbons (Fsp3) is 0.731. The van der Waals surface area contributed by atoms with Crippen LogP contribution in [0.4, 0.5) is 26.3 Å². The van der Waals surface area contributed by atoms with Crippen molar-refractivity contribution in [1.82, 2.24) is 10.2 Å². The fourth-order valence-electron chi connectivity index (χ4n) is 6.45. The van der Waals surface area contributed by atoms with Gasteiger partial charge in [-0.25, -0.2) is 0 Å². The quantitative estimate of drug-likeness (QED) is 0.492. The van der Waals surface area contributed by atoms with E-state index in [0.29, 0.717) is 30.5 Å². The van der Waals surface area contributed by atoms with E-state index in [-0.39, 0.29) is 47.9 Å². The SMILES string of the molecule is CC(C)C1C[C@@H](N2CCCC3COCCC32)C[C@H]1C(=O)NCc1cc(C(F)(F)F)cc(C(F)(F)F)c1. The molecule has 36 heavy (non-hydrogen) atoms. The Bertz CT molecular complexity index is 898. The van der Waals surface area contributed by atoms with Crippen molar-refractivity contribution in [2.45, 2.75) is 76.9 Å². The molecule has 1 N–H and O–H groups in total. The normalized spacial score (nSPS) is 29.9. The Balaban J connectivity index is 1.47. The first-order valence-corrected chi connectivity index (χ1v) is 12.7. The first kappa shape index (κ1) is 27.2. The summed E-state index contributed by atoms with van der Waals surface area (Å²) in [6, 6.07) is 2.13. The smallest absolute Gasteiger partial charge is 0.381 e. The maximum atomic E-state index is 13.2. The molecule has 3 aliphatic rings. The first-order valence-electron chi connectivity index (χ1n) is 12.7. The summed E-state index contributed by atoms with van der Waals surface area (Å²) >= 11 is 0. The van der Waals surface area contributed by atoms with Crippen molar-refractivity contribution in [1.29, 1.82) is 0 Å². The summed E-state index contributed by atoms with van der Waals surface area (Å²) in [5.74, 6) is 0.196. The van der Waals surface area contributed by atoms with Crippen molar-refractivity contribution in [3.63, 3.8) is 0 Å². The molecule has 3 fully saturated rings. The van der Waals surface area contributed by atoms with Crippen LogP contribution in [-0.4, -0.2) is 42.6 Å². The lowest BCUT2D eigenvalue weighted by Crippen LogP contribution is -2.53. The Kier molecular flexibility index (Phi) is 7.95. The number of hydrogen-bond acceptors (Lipinski definition) is 3. The Morgan fingerprint density at radius 1 is 1.06 bits per heavy atom. The van der Waals surface area contributed by atoms with Gasteiger partial charge in [-0.2, -0.15) is 26.3 Å². The van der Waals surface area contributed by atoms with Crippen molar-refractivity contribution < 1.29 is 35.9 Å². The molecule has 5 atom stereocenters. The number of nitrogens with one attached hydrogen (secondary N) is 1. The molecule has 202 valence electrons. The topological polar surface area (TPSA) is 41.6 Å². The van der Waals surface area contributed by atoms with Gasteiger partial charge in [0.1, 0.15) is 0 Å². The molecule has 0 spiro atoms. The monoisotopic (exact) mass is 520 g/mol. The van der Waals surface area contributed by atoms with Crippen LogP contribution >= 0.6 is 0 Å². The molecule has 10 heteroatoms. The molecule has 2 aliphatic heterocycles. The number of fused-ring (bicyclic) bond motifs is 1. The number of hydrogen-bond donors (Lipinski definition) is 1. The van der Waals surface area contributed by atoms with Crippen LogP contribution < -0.4 is 5.32 Å². The molecule has 2 heterocycles. The summed E-state index contributed by atoms with van der Waals surface area (Å²) in [4.78, 5) is 15.8. The molecule has 1 aliphatic carbocycles. The number of carbonyl (C=O) groups is 1. The van der Waals surface area contributed by atoms with E-state index in [1.807, 2.05) is 0 Å². The zero-order valence-electron chi connectivity index (χ0n) is 20.6. The number of rotatable bonds is 5. The van der Waals surface area contributed by atoms with Gasteiger partial charge in [0.25, 0.3) is 0 Å². The summed E-state index contributed by atoms with van der Waals surface area (Å²) < 4.78 is 84.8. The highest BCUT2D eigenvalue weighted by Crippen LogP contribution is 2.43. The zero-order chi connectivity index (χ0) is 26.3. The van der Waals surface area contributed by atoms with Gasteiger partial charge in [0.2, 0.25) is 5.91 Å². The van der Waals surface area contributed by atoms with Crippen LogP contribution in [0, 0.1) is 23.7 Å². The highest BCUT2D eigenvalue weighted by atomic mass is 19.4. The summed E-state index contributed by atoms with van der Waals surface area (Å²) in [6.45, 7) is 6.21. The van der Waals surface area contributed by atoms with E-state index < -0.39 is 23.5 Å². The summed E-state index contributed by atoms with van der Waals surface area (Å²) in [5.41, 5.74) is -2.97. The van der Waals surface area contributed by atoms with Crippen LogP contribution in [0.5, 0.6) is 0 Å². The maximum absolute atomic E-state index is 13.2. The minimum atomic E-state index is -4.92. The molecule has 0 bridgehead atoms. The van der Waals surface area contributed by atoms with Crippen molar-refractivity contribution in [2.24, 2.45) is 23.7 Å². The third kappa shape index (κ3) is 6.01. The number of likely N-dealkylation sites (tertiary alicyclic amines) is 1. The number of ether oxygens (including phenoxy) is 1. The number of benzene rings is 1. The standard InChI is InChI=1S/C26H34F6N2O2/c1-15(2)21-11-20(34-6-3-4-17-14-36-7-5-23(17)34)12-22(21)24(35)33-13-16-8-18(25(27,28)29)10-19(9-16)26(30,31)32/h8-10,15,17,20-23H,3-7,11-14H2,1-2H3,(H,33,35)/t17?,20-,21?,22-,23?/m1/s1. The van der Waals surface area contributed by atoms with Crippen LogP contribution in [0.1, 0.15) is 62.6 Å². The van der Waals surface area contributed by atoms with Crippen LogP contribution in [-0.2, 0) is 28.4 Å². The molecular weight excluding hydrogens is 486 g/mol. The van der Waals surface area contributed by atoms with Crippen LogP contribution in [0.15, 0.2) is 18.2 Å². The van der Waals surface area contributed by atoms with Gasteiger partial charge in [-0.1, -0.05) is 13.8 Å². The lowest BCUT2D eigenvalue weighted by molar-refractivity contribution is -0.143. The van der Waals surface area contributed by atoms with Gasteiger partial charge in [0.15, 0.2) is 0 Å². The Hall–Kier alpha value is -1.81. The van der Waals surface area contributed by atoms with Crippen LogP contribution in [0.25, 0.3) is 0 Å². The van der Waals surface area contributed by atoms with E-state index in [2.05, 4.69) is 24.1 Å². The van der Waals surface area contributed by atoms with E-state index in [9.17, 15) is 31.1 Å². The second-order valence-corrected chi connectivity index (χ2v) is 10.8. The molecular formula is C26H34F6N2O2. The van der Waals surface area contributed by atoms with Gasteiger partial charge < -0.3 is 10.1 Å². The molecule has 1 aromatic rings. The van der Waals surface area contributed by atoms with Crippen molar-refractivity contribution in [2.75, 3.05) is 19.8 Å². The molecule has 0 radical (unpaired) electrons. The third-order valence-corrected chi connectivity index (χ3v) is 8.21. The maximum Gasteiger partial charge on any atom is 0.416 e. The average molecular weight is 521 g/mol. The molecule has 1 aromatic carbocycles. The van der Waals surface area contributed by atoms with Gasteiger partial charge in [0, 0.05) is 31.2 Å². The number of halogens is 6. The van der Waals surface area contributed by atoms with Gasteiger partial charge in [-0.3, -0.25) is 9.69 Å². The van der Waals surface area contributed by atoms with Crippen molar-refractivity contribution in [3.05, 3.63) is 34.9 Å². The Morgan fingerprint density at radius 2 is 1.72 bits per heavy atom.